The summed E-state index contributed by atoms with van der Waals surface area (Å²) in [5.41, 5.74) is 0.720. The summed E-state index contributed by atoms with van der Waals surface area (Å²) < 4.78 is 12.5. The van der Waals surface area contributed by atoms with Crippen LogP contribution >= 0.6 is 27.3 Å². The normalized spacial score (nSPS) is 10.8. The van der Waals surface area contributed by atoms with E-state index in [1.54, 1.807) is 38.6 Å². The van der Waals surface area contributed by atoms with Crippen LogP contribution in [0, 0.1) is 6.92 Å². The monoisotopic (exact) mass is 471 g/mol. The third-order valence-electron chi connectivity index (χ3n) is 3.64. The van der Waals surface area contributed by atoms with Gasteiger partial charge in [0.15, 0.2) is 5.69 Å². The predicted molar refractivity (Wildman–Crippen MR) is 109 cm³/mol. The maximum atomic E-state index is 12.7. The summed E-state index contributed by atoms with van der Waals surface area (Å²) in [5.74, 6) is -1.68. The Kier molecular flexibility index (Phi) is 7.36. The Morgan fingerprint density at radius 1 is 1.29 bits per heavy atom. The van der Waals surface area contributed by atoms with Crippen LogP contribution in [0.15, 0.2) is 10.7 Å². The molecule has 8 nitrogen and oxygen atoms in total. The van der Waals surface area contributed by atoms with Crippen molar-refractivity contribution < 1.29 is 23.9 Å². The van der Waals surface area contributed by atoms with Crippen LogP contribution in [0.1, 0.15) is 63.8 Å². The van der Waals surface area contributed by atoms with Crippen molar-refractivity contribution in [2.75, 3.05) is 11.9 Å². The number of hydrogen-bond donors (Lipinski definition) is 1. The van der Waals surface area contributed by atoms with Crippen LogP contribution in [-0.4, -0.2) is 40.3 Å². The highest BCUT2D eigenvalue weighted by atomic mass is 79.9. The molecule has 0 bridgehead atoms. The Morgan fingerprint density at radius 2 is 1.96 bits per heavy atom. The molecule has 10 heteroatoms. The standard InChI is InChI=1S/C18H22BrN3O5S/c1-6-22-8-11(19)13(21-22)15(23)20-16-12(17(24)27-9(3)4)10(5)14(28-16)18(25)26-7-2/h8-9H,6-7H2,1-5H3,(H,20,23). The zero-order valence-corrected chi connectivity index (χ0v) is 18.7. The molecule has 0 unspecified atom stereocenters. The molecule has 0 saturated heterocycles. The summed E-state index contributed by atoms with van der Waals surface area (Å²) in [6.45, 7) is 9.46. The molecule has 0 spiro atoms. The van der Waals surface area contributed by atoms with Crippen molar-refractivity contribution in [1.82, 2.24) is 9.78 Å². The summed E-state index contributed by atoms with van der Waals surface area (Å²) >= 11 is 4.28. The molecule has 2 heterocycles. The molecule has 0 aliphatic carbocycles. The number of anilines is 1. The number of halogens is 1. The van der Waals surface area contributed by atoms with Crippen molar-refractivity contribution in [1.29, 1.82) is 0 Å². The lowest BCUT2D eigenvalue weighted by Gasteiger charge is -2.10. The average Bonchev–Trinajstić information content (AvgIpc) is 3.14. The molecule has 0 radical (unpaired) electrons. The summed E-state index contributed by atoms with van der Waals surface area (Å²) in [7, 11) is 0. The van der Waals surface area contributed by atoms with Gasteiger partial charge in [0.25, 0.3) is 5.91 Å². The van der Waals surface area contributed by atoms with Gasteiger partial charge in [0.2, 0.25) is 0 Å². The van der Waals surface area contributed by atoms with Gasteiger partial charge >= 0.3 is 11.9 Å². The number of nitrogens with one attached hydrogen (secondary N) is 1. The van der Waals surface area contributed by atoms with Crippen molar-refractivity contribution in [3.8, 4) is 0 Å². The molecule has 0 aliphatic rings. The second-order valence-corrected chi connectivity index (χ2v) is 7.95. The molecule has 0 atom stereocenters. The minimum atomic E-state index is -0.618. The third kappa shape index (κ3) is 4.79. The molecule has 2 aromatic rings. The smallest absolute Gasteiger partial charge is 0.348 e. The van der Waals surface area contributed by atoms with Gasteiger partial charge in [0.1, 0.15) is 9.88 Å². The van der Waals surface area contributed by atoms with Crippen molar-refractivity contribution in [2.45, 2.75) is 47.3 Å². The molecule has 0 saturated carbocycles. The molecule has 2 aromatic heterocycles. The van der Waals surface area contributed by atoms with E-state index in [2.05, 4.69) is 26.3 Å². The molecule has 152 valence electrons. The molecule has 0 aliphatic heterocycles. The number of esters is 2. The van der Waals surface area contributed by atoms with Crippen LogP contribution in [-0.2, 0) is 16.0 Å². The Hall–Kier alpha value is -2.20. The van der Waals surface area contributed by atoms with Crippen molar-refractivity contribution in [2.24, 2.45) is 0 Å². The van der Waals surface area contributed by atoms with Gasteiger partial charge in [-0.3, -0.25) is 9.48 Å². The predicted octanol–water partition coefficient (Wildman–Crippen LogP) is 4.03. The van der Waals surface area contributed by atoms with Crippen LogP contribution in [0.25, 0.3) is 0 Å². The van der Waals surface area contributed by atoms with Crippen molar-refractivity contribution in [3.05, 3.63) is 32.4 Å². The molecule has 0 aromatic carbocycles. The van der Waals surface area contributed by atoms with Crippen molar-refractivity contribution in [3.63, 3.8) is 0 Å². The number of carbonyl (C=O) groups excluding carboxylic acids is 3. The highest BCUT2D eigenvalue weighted by Crippen LogP contribution is 2.35. The minimum absolute atomic E-state index is 0.140. The van der Waals surface area contributed by atoms with Gasteiger partial charge in [-0.1, -0.05) is 0 Å². The van der Waals surface area contributed by atoms with Crippen LogP contribution in [0.3, 0.4) is 0 Å². The third-order valence-corrected chi connectivity index (χ3v) is 5.41. The second kappa shape index (κ2) is 9.33. The molecule has 1 N–H and O–H groups in total. The number of aromatic nitrogens is 2. The number of aryl methyl sites for hydroxylation is 1. The second-order valence-electron chi connectivity index (χ2n) is 6.07. The number of rotatable bonds is 7. The Morgan fingerprint density at radius 3 is 2.50 bits per heavy atom. The Bertz CT molecular complexity index is 903. The molecular weight excluding hydrogens is 450 g/mol. The van der Waals surface area contributed by atoms with Gasteiger partial charge in [-0.05, 0) is 56.1 Å². The van der Waals surface area contributed by atoms with Gasteiger partial charge in [-0.15, -0.1) is 11.3 Å². The van der Waals surface area contributed by atoms with E-state index in [0.717, 1.165) is 11.3 Å². The molecule has 28 heavy (non-hydrogen) atoms. The number of hydrogen-bond acceptors (Lipinski definition) is 7. The van der Waals surface area contributed by atoms with E-state index in [0.29, 0.717) is 16.6 Å². The Labute approximate surface area is 175 Å². The Balaban J connectivity index is 2.44. The SMILES string of the molecule is CCOC(=O)c1sc(NC(=O)c2nn(CC)cc2Br)c(C(=O)OC(C)C)c1C. The van der Waals surface area contributed by atoms with Crippen molar-refractivity contribution >= 4 is 50.1 Å². The first-order chi connectivity index (χ1) is 13.2. The van der Waals surface area contributed by atoms with E-state index < -0.39 is 17.8 Å². The zero-order valence-electron chi connectivity index (χ0n) is 16.3. The van der Waals surface area contributed by atoms with E-state index in [4.69, 9.17) is 9.47 Å². The first kappa shape index (κ1) is 22.1. The van der Waals surface area contributed by atoms with Crippen LogP contribution < -0.4 is 5.32 Å². The number of carbonyl (C=O) groups is 3. The number of thiophene rings is 1. The largest absolute Gasteiger partial charge is 0.462 e. The highest BCUT2D eigenvalue weighted by molar-refractivity contribution is 9.10. The number of nitrogens with zero attached hydrogens (tertiary/aromatic N) is 2. The van der Waals surface area contributed by atoms with E-state index in [9.17, 15) is 14.4 Å². The quantitative estimate of drug-likeness (QED) is 0.611. The van der Waals surface area contributed by atoms with E-state index in [-0.39, 0.29) is 33.8 Å². The first-order valence-electron chi connectivity index (χ1n) is 8.75. The summed E-state index contributed by atoms with van der Waals surface area (Å²) in [4.78, 5) is 37.7. The van der Waals surface area contributed by atoms with Gasteiger partial charge in [-0.2, -0.15) is 5.10 Å². The molecule has 0 fully saturated rings. The number of amides is 1. The van der Waals surface area contributed by atoms with Crippen LogP contribution in [0.4, 0.5) is 5.00 Å². The maximum Gasteiger partial charge on any atom is 0.348 e. The van der Waals surface area contributed by atoms with Gasteiger partial charge < -0.3 is 14.8 Å². The first-order valence-corrected chi connectivity index (χ1v) is 10.4. The summed E-state index contributed by atoms with van der Waals surface area (Å²) in [6, 6.07) is 0. The molecule has 1 amide bonds. The zero-order chi connectivity index (χ0) is 21.0. The van der Waals surface area contributed by atoms with E-state index >= 15 is 0 Å². The fourth-order valence-corrected chi connectivity index (χ4v) is 3.97. The van der Waals surface area contributed by atoms with Crippen LogP contribution in [0.5, 0.6) is 0 Å². The maximum absolute atomic E-state index is 12.7. The minimum Gasteiger partial charge on any atom is -0.462 e. The lowest BCUT2D eigenvalue weighted by Crippen LogP contribution is -2.17. The highest BCUT2D eigenvalue weighted by Gasteiger charge is 2.29. The van der Waals surface area contributed by atoms with Gasteiger partial charge in [0, 0.05) is 12.7 Å². The van der Waals surface area contributed by atoms with Gasteiger partial charge in [-0.25, -0.2) is 9.59 Å². The summed E-state index contributed by atoms with van der Waals surface area (Å²) in [5, 5.41) is 7.10. The topological polar surface area (TPSA) is 99.5 Å². The van der Waals surface area contributed by atoms with E-state index in [1.165, 1.54) is 0 Å². The fraction of sp³-hybridized carbons (Fsp3) is 0.444. The average molecular weight is 472 g/mol. The lowest BCUT2D eigenvalue weighted by molar-refractivity contribution is 0.0379. The fourth-order valence-electron chi connectivity index (χ4n) is 2.39. The van der Waals surface area contributed by atoms with Gasteiger partial charge in [0.05, 0.1) is 22.7 Å². The van der Waals surface area contributed by atoms with Crippen LogP contribution in [0.2, 0.25) is 0 Å². The number of ether oxygens (including phenoxy) is 2. The summed E-state index contributed by atoms with van der Waals surface area (Å²) in [6.07, 6.45) is 1.34. The molecular formula is C18H22BrN3O5S. The lowest BCUT2D eigenvalue weighted by atomic mass is 10.1. The van der Waals surface area contributed by atoms with E-state index in [1.807, 2.05) is 6.92 Å². The molecule has 2 rings (SSSR count).